The van der Waals surface area contributed by atoms with Crippen LogP contribution >= 0.6 is 0 Å². The highest BCUT2D eigenvalue weighted by Crippen LogP contribution is 2.15. The van der Waals surface area contributed by atoms with Gasteiger partial charge in [0, 0.05) is 13.1 Å². The standard InChI is InChI=1S/C11H11F3N2O3/c12-11(13,14)10(19)16-6-5-15-9(18)7-3-1-2-4-8(7)17/h1-4,17H,5-6H2,(H,15,18)(H,16,19). The molecular weight excluding hydrogens is 265 g/mol. The molecule has 104 valence electrons. The summed E-state index contributed by atoms with van der Waals surface area (Å²) in [5, 5.41) is 13.2. The van der Waals surface area contributed by atoms with Crippen LogP contribution in [0.5, 0.6) is 5.75 Å². The fourth-order valence-corrected chi connectivity index (χ4v) is 1.21. The molecule has 0 saturated heterocycles. The van der Waals surface area contributed by atoms with E-state index in [2.05, 4.69) is 5.32 Å². The number of hydrogen-bond donors (Lipinski definition) is 3. The summed E-state index contributed by atoms with van der Waals surface area (Å²) in [4.78, 5) is 21.9. The van der Waals surface area contributed by atoms with Crippen LogP contribution in [-0.4, -0.2) is 36.2 Å². The first-order valence-electron chi connectivity index (χ1n) is 5.23. The number of hydrogen-bond acceptors (Lipinski definition) is 3. The van der Waals surface area contributed by atoms with E-state index in [1.54, 1.807) is 5.32 Å². The molecule has 0 saturated carbocycles. The first kappa shape index (κ1) is 14.8. The zero-order valence-electron chi connectivity index (χ0n) is 9.62. The fourth-order valence-electron chi connectivity index (χ4n) is 1.21. The molecule has 1 aromatic carbocycles. The van der Waals surface area contributed by atoms with Crippen LogP contribution < -0.4 is 10.6 Å². The molecule has 19 heavy (non-hydrogen) atoms. The van der Waals surface area contributed by atoms with Crippen LogP contribution in [0.4, 0.5) is 13.2 Å². The zero-order valence-corrected chi connectivity index (χ0v) is 9.62. The van der Waals surface area contributed by atoms with E-state index in [1.807, 2.05) is 0 Å². The molecular formula is C11H11F3N2O3. The molecule has 3 N–H and O–H groups in total. The molecule has 8 heteroatoms. The van der Waals surface area contributed by atoms with Crippen molar-refractivity contribution >= 4 is 11.8 Å². The number of alkyl halides is 3. The van der Waals surface area contributed by atoms with Gasteiger partial charge in [-0.15, -0.1) is 0 Å². The summed E-state index contributed by atoms with van der Waals surface area (Å²) < 4.78 is 35.5. The number of phenolic OH excluding ortho intramolecular Hbond substituents is 1. The molecule has 0 aliphatic rings. The minimum Gasteiger partial charge on any atom is -0.507 e. The van der Waals surface area contributed by atoms with Gasteiger partial charge in [0.25, 0.3) is 5.91 Å². The van der Waals surface area contributed by atoms with E-state index in [0.29, 0.717) is 0 Å². The minimum atomic E-state index is -4.94. The topological polar surface area (TPSA) is 78.4 Å². The fraction of sp³-hybridized carbons (Fsp3) is 0.273. The van der Waals surface area contributed by atoms with Crippen LogP contribution in [0.15, 0.2) is 24.3 Å². The van der Waals surface area contributed by atoms with Crippen LogP contribution in [0, 0.1) is 0 Å². The van der Waals surface area contributed by atoms with E-state index < -0.39 is 18.0 Å². The summed E-state index contributed by atoms with van der Waals surface area (Å²) >= 11 is 0. The number of nitrogens with one attached hydrogen (secondary N) is 2. The van der Waals surface area contributed by atoms with Crippen LogP contribution in [0.3, 0.4) is 0 Å². The Kier molecular flexibility index (Phi) is 4.74. The highest BCUT2D eigenvalue weighted by atomic mass is 19.4. The summed E-state index contributed by atoms with van der Waals surface area (Å²) in [6.45, 7) is -0.549. The van der Waals surface area contributed by atoms with E-state index in [0.717, 1.165) is 0 Å². The predicted octanol–water partition coefficient (Wildman–Crippen LogP) is 0.800. The van der Waals surface area contributed by atoms with Gasteiger partial charge in [0.05, 0.1) is 5.56 Å². The van der Waals surface area contributed by atoms with E-state index in [1.165, 1.54) is 24.3 Å². The number of phenols is 1. The Morgan fingerprint density at radius 1 is 1.11 bits per heavy atom. The maximum Gasteiger partial charge on any atom is 0.471 e. The molecule has 0 aromatic heterocycles. The minimum absolute atomic E-state index is 0.00430. The van der Waals surface area contributed by atoms with Gasteiger partial charge in [0.2, 0.25) is 0 Å². The lowest BCUT2D eigenvalue weighted by atomic mass is 10.2. The van der Waals surface area contributed by atoms with Gasteiger partial charge in [-0.3, -0.25) is 9.59 Å². The van der Waals surface area contributed by atoms with Crippen molar-refractivity contribution in [3.63, 3.8) is 0 Å². The second kappa shape index (κ2) is 6.07. The molecule has 2 amide bonds. The van der Waals surface area contributed by atoms with Crippen molar-refractivity contribution in [3.8, 4) is 5.75 Å². The Balaban J connectivity index is 2.37. The van der Waals surface area contributed by atoms with Crippen molar-refractivity contribution in [3.05, 3.63) is 29.8 Å². The lowest BCUT2D eigenvalue weighted by Crippen LogP contribution is -2.41. The molecule has 1 rings (SSSR count). The normalized spacial score (nSPS) is 10.9. The summed E-state index contributed by atoms with van der Waals surface area (Å²) in [5.74, 6) is -2.94. The average molecular weight is 276 g/mol. The van der Waals surface area contributed by atoms with Gasteiger partial charge >= 0.3 is 12.1 Å². The Morgan fingerprint density at radius 2 is 1.68 bits per heavy atom. The number of para-hydroxylation sites is 1. The van der Waals surface area contributed by atoms with Gasteiger partial charge in [-0.25, -0.2) is 0 Å². The van der Waals surface area contributed by atoms with Crippen LogP contribution in [0.1, 0.15) is 10.4 Å². The third-order valence-corrected chi connectivity index (χ3v) is 2.10. The number of carbonyl (C=O) groups is 2. The third kappa shape index (κ3) is 4.49. The number of rotatable bonds is 4. The van der Waals surface area contributed by atoms with Gasteiger partial charge in [-0.05, 0) is 12.1 Å². The van der Waals surface area contributed by atoms with E-state index in [-0.39, 0.29) is 24.4 Å². The smallest absolute Gasteiger partial charge is 0.471 e. The first-order valence-corrected chi connectivity index (χ1v) is 5.23. The summed E-state index contributed by atoms with van der Waals surface area (Å²) in [6, 6.07) is 5.72. The van der Waals surface area contributed by atoms with Gasteiger partial charge in [-0.1, -0.05) is 12.1 Å². The lowest BCUT2D eigenvalue weighted by molar-refractivity contribution is -0.173. The summed E-state index contributed by atoms with van der Waals surface area (Å²) in [6.07, 6.45) is -4.94. The number of halogens is 3. The molecule has 0 spiro atoms. The maximum absolute atomic E-state index is 11.8. The number of aromatic hydroxyl groups is 1. The number of amides is 2. The highest BCUT2D eigenvalue weighted by Gasteiger charge is 2.38. The molecule has 0 heterocycles. The molecule has 0 radical (unpaired) electrons. The molecule has 5 nitrogen and oxygen atoms in total. The Hall–Kier alpha value is -2.25. The van der Waals surface area contributed by atoms with Crippen LogP contribution in [0.2, 0.25) is 0 Å². The molecule has 0 fully saturated rings. The molecule has 0 aliphatic heterocycles. The van der Waals surface area contributed by atoms with Crippen molar-refractivity contribution in [2.75, 3.05) is 13.1 Å². The molecule has 0 unspecified atom stereocenters. The third-order valence-electron chi connectivity index (χ3n) is 2.10. The summed E-state index contributed by atoms with van der Waals surface area (Å²) in [5.41, 5.74) is 0.00430. The van der Waals surface area contributed by atoms with Gasteiger partial charge < -0.3 is 15.7 Å². The van der Waals surface area contributed by atoms with Gasteiger partial charge in [0.1, 0.15) is 5.75 Å². The van der Waals surface area contributed by atoms with Crippen molar-refractivity contribution < 1.29 is 27.9 Å². The number of benzene rings is 1. The average Bonchev–Trinajstić information content (AvgIpc) is 2.33. The zero-order chi connectivity index (χ0) is 14.5. The highest BCUT2D eigenvalue weighted by molar-refractivity contribution is 5.96. The van der Waals surface area contributed by atoms with Crippen molar-refractivity contribution in [1.82, 2.24) is 10.6 Å². The van der Waals surface area contributed by atoms with Gasteiger partial charge in [0.15, 0.2) is 0 Å². The maximum atomic E-state index is 11.8. The Bertz CT molecular complexity index is 474. The van der Waals surface area contributed by atoms with E-state index in [4.69, 9.17) is 0 Å². The number of carbonyl (C=O) groups excluding carboxylic acids is 2. The second-order valence-corrected chi connectivity index (χ2v) is 3.53. The van der Waals surface area contributed by atoms with Crippen LogP contribution in [-0.2, 0) is 4.79 Å². The van der Waals surface area contributed by atoms with Crippen molar-refractivity contribution in [2.45, 2.75) is 6.18 Å². The molecule has 0 bridgehead atoms. The SMILES string of the molecule is O=C(NCCNC(=O)C(F)(F)F)c1ccccc1O. The quantitative estimate of drug-likeness (QED) is 0.712. The predicted molar refractivity (Wildman–Crippen MR) is 59.5 cm³/mol. The van der Waals surface area contributed by atoms with Crippen LogP contribution in [0.25, 0.3) is 0 Å². The van der Waals surface area contributed by atoms with Crippen molar-refractivity contribution in [2.24, 2.45) is 0 Å². The molecule has 1 aromatic rings. The molecule has 0 aliphatic carbocycles. The second-order valence-electron chi connectivity index (χ2n) is 3.53. The Labute approximate surface area is 106 Å². The first-order chi connectivity index (χ1) is 8.82. The lowest BCUT2D eigenvalue weighted by Gasteiger charge is -2.09. The van der Waals surface area contributed by atoms with Crippen molar-refractivity contribution in [1.29, 1.82) is 0 Å². The van der Waals surface area contributed by atoms with E-state index in [9.17, 15) is 27.9 Å². The molecule has 0 atom stereocenters. The van der Waals surface area contributed by atoms with Gasteiger partial charge in [-0.2, -0.15) is 13.2 Å². The Morgan fingerprint density at radius 3 is 2.26 bits per heavy atom. The summed E-state index contributed by atoms with van der Waals surface area (Å²) in [7, 11) is 0. The van der Waals surface area contributed by atoms with E-state index >= 15 is 0 Å². The largest absolute Gasteiger partial charge is 0.507 e. The monoisotopic (exact) mass is 276 g/mol.